The molecule has 125 valence electrons. The van der Waals surface area contributed by atoms with E-state index in [1.54, 1.807) is 25.2 Å². The van der Waals surface area contributed by atoms with Crippen LogP contribution < -0.4 is 0 Å². The smallest absolute Gasteiger partial charge is 0.150 e. The van der Waals surface area contributed by atoms with Crippen LogP contribution in [0.4, 0.5) is 17.1 Å². The van der Waals surface area contributed by atoms with Crippen LogP contribution in [-0.4, -0.2) is 17.3 Å². The van der Waals surface area contributed by atoms with Crippen molar-refractivity contribution in [1.82, 2.24) is 0 Å². The number of rotatable bonds is 3. The van der Waals surface area contributed by atoms with Crippen molar-refractivity contribution in [2.45, 2.75) is 0 Å². The Morgan fingerprint density at radius 2 is 1.50 bits per heavy atom. The van der Waals surface area contributed by atoms with Crippen LogP contribution in [0.1, 0.15) is 0 Å². The number of azo groups is 2. The van der Waals surface area contributed by atoms with Gasteiger partial charge in [-0.3, -0.25) is 0 Å². The van der Waals surface area contributed by atoms with E-state index >= 15 is 0 Å². The Kier molecular flexibility index (Phi) is 5.63. The third-order valence-corrected chi connectivity index (χ3v) is 3.32. The van der Waals surface area contributed by atoms with E-state index < -0.39 is 0 Å². The van der Waals surface area contributed by atoms with Crippen LogP contribution in [0.25, 0.3) is 10.8 Å². The molecule has 0 atom stereocenters. The molecule has 3 rings (SSSR count). The van der Waals surface area contributed by atoms with Gasteiger partial charge in [0.2, 0.25) is 0 Å². The molecule has 3 aromatic rings. The monoisotopic (exact) mass is 369 g/mol. The van der Waals surface area contributed by atoms with Crippen LogP contribution in [0.3, 0.4) is 0 Å². The Hall–Kier alpha value is -2.76. The summed E-state index contributed by atoms with van der Waals surface area (Å²) in [6, 6.07) is 15.7. The Balaban J connectivity index is 0.00000208. The van der Waals surface area contributed by atoms with Gasteiger partial charge in [0.15, 0.2) is 5.75 Å². The van der Waals surface area contributed by atoms with E-state index in [0.717, 1.165) is 5.39 Å². The van der Waals surface area contributed by atoms with Crippen LogP contribution in [0.15, 0.2) is 75.1 Å². The molecular formula is C17H14CuN4O2. The summed E-state index contributed by atoms with van der Waals surface area (Å²) in [6.07, 6.45) is 0. The average molecular weight is 370 g/mol. The minimum absolute atomic E-state index is 0. The molecule has 3 aromatic carbocycles. The van der Waals surface area contributed by atoms with Crippen LogP contribution in [0.2, 0.25) is 0 Å². The molecular weight excluding hydrogens is 356 g/mol. The summed E-state index contributed by atoms with van der Waals surface area (Å²) in [4.78, 5) is 0. The molecule has 0 spiro atoms. The van der Waals surface area contributed by atoms with Crippen molar-refractivity contribution in [2.75, 3.05) is 7.05 Å². The molecule has 0 saturated carbocycles. The zero-order valence-electron chi connectivity index (χ0n) is 12.7. The Morgan fingerprint density at radius 1 is 0.792 bits per heavy atom. The maximum Gasteiger partial charge on any atom is 0.150 e. The Labute approximate surface area is 149 Å². The number of benzene rings is 3. The topological polar surface area (TPSA) is 89.9 Å². The van der Waals surface area contributed by atoms with Crippen molar-refractivity contribution in [3.8, 4) is 11.5 Å². The average Bonchev–Trinajstić information content (AvgIpc) is 2.56. The molecule has 7 heteroatoms. The molecule has 24 heavy (non-hydrogen) atoms. The SMILES string of the molecule is CN=Nc1ccc(N=Nc2ccc3ccccc3c2O)c(O)c1.[Cu]. The summed E-state index contributed by atoms with van der Waals surface area (Å²) in [7, 11) is 1.55. The van der Waals surface area contributed by atoms with E-state index in [9.17, 15) is 10.2 Å². The third kappa shape index (κ3) is 3.59. The second-order valence-electron chi connectivity index (χ2n) is 4.83. The fourth-order valence-corrected chi connectivity index (χ4v) is 2.21. The van der Waals surface area contributed by atoms with E-state index in [4.69, 9.17) is 0 Å². The summed E-state index contributed by atoms with van der Waals surface area (Å²) < 4.78 is 0. The first kappa shape index (κ1) is 17.6. The quantitative estimate of drug-likeness (QED) is 0.479. The maximum atomic E-state index is 10.3. The second kappa shape index (κ2) is 7.68. The van der Waals surface area contributed by atoms with Gasteiger partial charge in [-0.25, -0.2) is 0 Å². The number of aromatic hydroxyl groups is 2. The second-order valence-corrected chi connectivity index (χ2v) is 4.83. The van der Waals surface area contributed by atoms with Crippen molar-refractivity contribution in [2.24, 2.45) is 20.5 Å². The van der Waals surface area contributed by atoms with Crippen LogP contribution in [0, 0.1) is 0 Å². The van der Waals surface area contributed by atoms with Crippen molar-refractivity contribution in [3.05, 3.63) is 54.6 Å². The maximum absolute atomic E-state index is 10.3. The molecule has 2 N–H and O–H groups in total. The molecule has 0 fully saturated rings. The van der Waals surface area contributed by atoms with Gasteiger partial charge < -0.3 is 10.2 Å². The van der Waals surface area contributed by atoms with Crippen molar-refractivity contribution in [1.29, 1.82) is 0 Å². The van der Waals surface area contributed by atoms with Gasteiger partial charge in [-0.2, -0.15) is 10.2 Å². The Bertz CT molecular complexity index is 926. The first-order valence-electron chi connectivity index (χ1n) is 6.94. The molecule has 0 amide bonds. The van der Waals surface area contributed by atoms with Crippen molar-refractivity contribution < 1.29 is 27.3 Å². The van der Waals surface area contributed by atoms with E-state index in [2.05, 4.69) is 20.5 Å². The van der Waals surface area contributed by atoms with Gasteiger partial charge in [-0.05, 0) is 23.6 Å². The predicted octanol–water partition coefficient (Wildman–Crippen LogP) is 5.38. The van der Waals surface area contributed by atoms with E-state index in [-0.39, 0.29) is 34.3 Å². The van der Waals surface area contributed by atoms with Crippen LogP contribution in [0.5, 0.6) is 11.5 Å². The fraction of sp³-hybridized carbons (Fsp3) is 0.0588. The van der Waals surface area contributed by atoms with Gasteiger partial charge in [-0.15, -0.1) is 10.2 Å². The molecule has 0 bridgehead atoms. The molecule has 0 saturated heterocycles. The largest absolute Gasteiger partial charge is 0.506 e. The zero-order chi connectivity index (χ0) is 16.2. The minimum atomic E-state index is -0.0565. The summed E-state index contributed by atoms with van der Waals surface area (Å²) in [5.41, 5.74) is 1.14. The predicted molar refractivity (Wildman–Crippen MR) is 88.3 cm³/mol. The first-order chi connectivity index (χ1) is 11.2. The summed E-state index contributed by atoms with van der Waals surface area (Å²) in [5, 5.41) is 37.3. The number of phenolic OH excluding ortho intramolecular Hbond substituents is 2. The normalized spacial score (nSPS) is 11.2. The standard InChI is InChI=1S/C17H14N4O2.Cu/c1-18-19-12-7-9-14(16(22)10-12)20-21-15-8-6-11-4-2-3-5-13(11)17(15)23;/h2-10,22-23H,1H3;. The summed E-state index contributed by atoms with van der Waals surface area (Å²) in [6.45, 7) is 0. The number of phenols is 2. The molecule has 0 heterocycles. The van der Waals surface area contributed by atoms with Gasteiger partial charge in [0.25, 0.3) is 0 Å². The van der Waals surface area contributed by atoms with Crippen molar-refractivity contribution in [3.63, 3.8) is 0 Å². The van der Waals surface area contributed by atoms with Gasteiger partial charge in [0, 0.05) is 35.6 Å². The zero-order valence-corrected chi connectivity index (χ0v) is 13.6. The first-order valence-corrected chi connectivity index (χ1v) is 6.94. The molecule has 6 nitrogen and oxygen atoms in total. The van der Waals surface area contributed by atoms with Gasteiger partial charge in [0.1, 0.15) is 17.1 Å². The van der Waals surface area contributed by atoms with E-state index in [1.807, 2.05) is 30.3 Å². The third-order valence-electron chi connectivity index (χ3n) is 3.32. The van der Waals surface area contributed by atoms with Gasteiger partial charge >= 0.3 is 0 Å². The molecule has 0 aromatic heterocycles. The van der Waals surface area contributed by atoms with Crippen LogP contribution in [-0.2, 0) is 17.1 Å². The number of nitrogens with zero attached hydrogens (tertiary/aromatic N) is 4. The number of hydrogen-bond acceptors (Lipinski definition) is 6. The van der Waals surface area contributed by atoms with Gasteiger partial charge in [-0.1, -0.05) is 30.3 Å². The molecule has 0 unspecified atom stereocenters. The minimum Gasteiger partial charge on any atom is -0.506 e. The summed E-state index contributed by atoms with van der Waals surface area (Å²) >= 11 is 0. The van der Waals surface area contributed by atoms with Gasteiger partial charge in [0.05, 0.1) is 5.69 Å². The van der Waals surface area contributed by atoms with Crippen LogP contribution >= 0.6 is 0 Å². The number of fused-ring (bicyclic) bond motifs is 1. The molecule has 0 aliphatic rings. The fourth-order valence-electron chi connectivity index (χ4n) is 2.21. The Morgan fingerprint density at radius 3 is 2.25 bits per heavy atom. The molecule has 1 radical (unpaired) electrons. The van der Waals surface area contributed by atoms with E-state index in [1.165, 1.54) is 6.07 Å². The van der Waals surface area contributed by atoms with Crippen molar-refractivity contribution >= 4 is 27.8 Å². The summed E-state index contributed by atoms with van der Waals surface area (Å²) in [5.74, 6) is 0.00155. The van der Waals surface area contributed by atoms with E-state index in [0.29, 0.717) is 16.8 Å². The molecule has 0 aliphatic carbocycles. The number of hydrogen-bond donors (Lipinski definition) is 2. The molecule has 0 aliphatic heterocycles.